The number of hydrogen-bond acceptors (Lipinski definition) is 3. The molecule has 1 fully saturated rings. The first-order valence-corrected chi connectivity index (χ1v) is 6.12. The second-order valence-corrected chi connectivity index (χ2v) is 4.58. The second-order valence-electron chi connectivity index (χ2n) is 4.58. The normalized spacial score (nSPS) is 20.9. The van der Waals surface area contributed by atoms with Gasteiger partial charge in [-0.3, -0.25) is 0 Å². The SMILES string of the molecule is NCc1ccn2cc(C3CCCOC3)nc2c1. The zero-order valence-corrected chi connectivity index (χ0v) is 9.80. The van der Waals surface area contributed by atoms with Gasteiger partial charge in [0.25, 0.3) is 0 Å². The molecule has 1 aliphatic heterocycles. The summed E-state index contributed by atoms with van der Waals surface area (Å²) < 4.78 is 7.57. The average Bonchev–Trinajstić information content (AvgIpc) is 2.82. The van der Waals surface area contributed by atoms with Gasteiger partial charge in [0, 0.05) is 31.5 Å². The summed E-state index contributed by atoms with van der Waals surface area (Å²) in [6.07, 6.45) is 6.44. The molecule has 2 aromatic rings. The van der Waals surface area contributed by atoms with Gasteiger partial charge < -0.3 is 14.9 Å². The van der Waals surface area contributed by atoms with E-state index in [1.54, 1.807) is 0 Å². The Morgan fingerprint density at radius 3 is 3.24 bits per heavy atom. The summed E-state index contributed by atoms with van der Waals surface area (Å²) in [4.78, 5) is 4.67. The van der Waals surface area contributed by atoms with Crippen molar-refractivity contribution in [2.45, 2.75) is 25.3 Å². The molecule has 1 atom stereocenters. The minimum absolute atomic E-state index is 0.449. The van der Waals surface area contributed by atoms with Crippen molar-refractivity contribution in [2.75, 3.05) is 13.2 Å². The molecule has 0 amide bonds. The number of imidazole rings is 1. The molecule has 2 aromatic heterocycles. The van der Waals surface area contributed by atoms with Gasteiger partial charge in [-0.05, 0) is 30.5 Å². The van der Waals surface area contributed by atoms with Crippen LogP contribution in [0.3, 0.4) is 0 Å². The van der Waals surface area contributed by atoms with Crippen molar-refractivity contribution in [2.24, 2.45) is 5.73 Å². The van der Waals surface area contributed by atoms with Crippen LogP contribution in [-0.2, 0) is 11.3 Å². The van der Waals surface area contributed by atoms with Crippen LogP contribution in [0.1, 0.15) is 30.0 Å². The number of hydrogen-bond donors (Lipinski definition) is 1. The number of ether oxygens (including phenoxy) is 1. The molecule has 3 heterocycles. The highest BCUT2D eigenvalue weighted by Crippen LogP contribution is 2.25. The number of rotatable bonds is 2. The van der Waals surface area contributed by atoms with E-state index in [0.717, 1.165) is 36.5 Å². The summed E-state index contributed by atoms with van der Waals surface area (Å²) in [6, 6.07) is 4.09. The van der Waals surface area contributed by atoms with Crippen LogP contribution in [-0.4, -0.2) is 22.6 Å². The lowest BCUT2D eigenvalue weighted by atomic mass is 9.99. The molecule has 1 unspecified atom stereocenters. The predicted octanol–water partition coefficient (Wildman–Crippen LogP) is 1.69. The van der Waals surface area contributed by atoms with E-state index in [0.29, 0.717) is 12.5 Å². The first-order valence-electron chi connectivity index (χ1n) is 6.12. The van der Waals surface area contributed by atoms with Crippen molar-refractivity contribution < 1.29 is 4.74 Å². The van der Waals surface area contributed by atoms with E-state index >= 15 is 0 Å². The Labute approximate surface area is 100 Å². The van der Waals surface area contributed by atoms with Crippen molar-refractivity contribution in [1.29, 1.82) is 0 Å². The maximum atomic E-state index is 5.63. The minimum Gasteiger partial charge on any atom is -0.381 e. The number of fused-ring (bicyclic) bond motifs is 1. The number of nitrogens with two attached hydrogens (primary N) is 1. The molecular weight excluding hydrogens is 214 g/mol. The number of aromatic nitrogens is 2. The minimum atomic E-state index is 0.449. The third-order valence-electron chi connectivity index (χ3n) is 3.36. The summed E-state index contributed by atoms with van der Waals surface area (Å²) >= 11 is 0. The smallest absolute Gasteiger partial charge is 0.137 e. The lowest BCUT2D eigenvalue weighted by Gasteiger charge is -2.19. The Bertz CT molecular complexity index is 514. The molecule has 2 N–H and O–H groups in total. The molecular formula is C13H17N3O. The standard InChI is InChI=1S/C13H17N3O/c14-7-10-3-4-16-8-12(15-13(16)6-10)11-2-1-5-17-9-11/h3-4,6,8,11H,1-2,5,7,9,14H2. The van der Waals surface area contributed by atoms with Crippen LogP contribution in [0.5, 0.6) is 0 Å². The fourth-order valence-corrected chi connectivity index (χ4v) is 2.34. The van der Waals surface area contributed by atoms with Crippen LogP contribution < -0.4 is 5.73 Å². The van der Waals surface area contributed by atoms with Crippen LogP contribution >= 0.6 is 0 Å². The van der Waals surface area contributed by atoms with Crippen molar-refractivity contribution in [3.8, 4) is 0 Å². The molecule has 0 aliphatic carbocycles. The van der Waals surface area contributed by atoms with Gasteiger partial charge in [-0.2, -0.15) is 0 Å². The summed E-state index contributed by atoms with van der Waals surface area (Å²) in [6.45, 7) is 2.25. The Balaban J connectivity index is 1.95. The Morgan fingerprint density at radius 1 is 1.53 bits per heavy atom. The fourth-order valence-electron chi connectivity index (χ4n) is 2.34. The molecule has 1 saturated heterocycles. The molecule has 0 spiro atoms. The Morgan fingerprint density at radius 2 is 2.47 bits per heavy atom. The van der Waals surface area contributed by atoms with Gasteiger partial charge in [-0.15, -0.1) is 0 Å². The highest BCUT2D eigenvalue weighted by Gasteiger charge is 2.18. The van der Waals surface area contributed by atoms with E-state index in [2.05, 4.69) is 15.6 Å². The largest absolute Gasteiger partial charge is 0.381 e. The van der Waals surface area contributed by atoms with Crippen LogP contribution in [0.4, 0.5) is 0 Å². The summed E-state index contributed by atoms with van der Waals surface area (Å²) in [5.74, 6) is 0.449. The monoisotopic (exact) mass is 231 g/mol. The topological polar surface area (TPSA) is 52.5 Å². The lowest BCUT2D eigenvalue weighted by Crippen LogP contribution is -2.15. The summed E-state index contributed by atoms with van der Waals surface area (Å²) in [5.41, 5.74) is 8.87. The maximum Gasteiger partial charge on any atom is 0.137 e. The lowest BCUT2D eigenvalue weighted by molar-refractivity contribution is 0.0794. The third kappa shape index (κ3) is 2.06. The second kappa shape index (κ2) is 4.47. The highest BCUT2D eigenvalue weighted by atomic mass is 16.5. The predicted molar refractivity (Wildman–Crippen MR) is 65.9 cm³/mol. The van der Waals surface area contributed by atoms with E-state index < -0.39 is 0 Å². The van der Waals surface area contributed by atoms with E-state index in [1.807, 2.05) is 18.3 Å². The van der Waals surface area contributed by atoms with E-state index in [9.17, 15) is 0 Å². The molecule has 4 nitrogen and oxygen atoms in total. The number of pyridine rings is 1. The van der Waals surface area contributed by atoms with E-state index in [1.165, 1.54) is 6.42 Å². The third-order valence-corrected chi connectivity index (χ3v) is 3.36. The van der Waals surface area contributed by atoms with Gasteiger partial charge in [0.2, 0.25) is 0 Å². The van der Waals surface area contributed by atoms with Crippen LogP contribution in [0.2, 0.25) is 0 Å². The van der Waals surface area contributed by atoms with Crippen molar-refractivity contribution in [1.82, 2.24) is 9.38 Å². The molecule has 0 bridgehead atoms. The molecule has 0 aromatic carbocycles. The van der Waals surface area contributed by atoms with Crippen LogP contribution in [0.25, 0.3) is 5.65 Å². The zero-order valence-electron chi connectivity index (χ0n) is 9.80. The molecule has 1 aliphatic rings. The maximum absolute atomic E-state index is 5.63. The summed E-state index contributed by atoms with van der Waals surface area (Å²) in [7, 11) is 0. The molecule has 90 valence electrons. The summed E-state index contributed by atoms with van der Waals surface area (Å²) in [5, 5.41) is 0. The average molecular weight is 231 g/mol. The molecule has 0 saturated carbocycles. The van der Waals surface area contributed by atoms with Crippen molar-refractivity contribution in [3.05, 3.63) is 35.8 Å². The quantitative estimate of drug-likeness (QED) is 0.855. The molecule has 4 heteroatoms. The van der Waals surface area contributed by atoms with Crippen molar-refractivity contribution in [3.63, 3.8) is 0 Å². The first kappa shape index (κ1) is 10.7. The van der Waals surface area contributed by atoms with Crippen molar-refractivity contribution >= 4 is 5.65 Å². The van der Waals surface area contributed by atoms with E-state index in [4.69, 9.17) is 10.5 Å². The van der Waals surface area contributed by atoms with Gasteiger partial charge in [-0.25, -0.2) is 4.98 Å². The van der Waals surface area contributed by atoms with Gasteiger partial charge in [-0.1, -0.05) is 0 Å². The molecule has 0 radical (unpaired) electrons. The van der Waals surface area contributed by atoms with Gasteiger partial charge in [0.1, 0.15) is 5.65 Å². The Kier molecular flexibility index (Phi) is 2.82. The van der Waals surface area contributed by atoms with Gasteiger partial charge in [0.15, 0.2) is 0 Å². The van der Waals surface area contributed by atoms with E-state index in [-0.39, 0.29) is 0 Å². The van der Waals surface area contributed by atoms with Gasteiger partial charge in [0.05, 0.1) is 12.3 Å². The Hall–Kier alpha value is -1.39. The van der Waals surface area contributed by atoms with Crippen LogP contribution in [0.15, 0.2) is 24.5 Å². The highest BCUT2D eigenvalue weighted by molar-refractivity contribution is 5.43. The van der Waals surface area contributed by atoms with Crippen LogP contribution in [0, 0.1) is 0 Å². The zero-order chi connectivity index (χ0) is 11.7. The fraction of sp³-hybridized carbons (Fsp3) is 0.462. The molecule has 3 rings (SSSR count). The number of nitrogens with zero attached hydrogens (tertiary/aromatic N) is 2. The van der Waals surface area contributed by atoms with Gasteiger partial charge >= 0.3 is 0 Å². The molecule has 17 heavy (non-hydrogen) atoms. The first-order chi connectivity index (χ1) is 8.36.